The van der Waals surface area contributed by atoms with Gasteiger partial charge in [-0.05, 0) is 6.42 Å². The van der Waals surface area contributed by atoms with E-state index < -0.39 is 0 Å². The Kier molecular flexibility index (Phi) is 3.16. The minimum Gasteiger partial charge on any atom is -0.285 e. The Labute approximate surface area is 69.9 Å². The first-order valence-corrected chi connectivity index (χ1v) is 4.22. The number of carbonyl (C=O) groups is 1. The molecule has 1 aromatic rings. The average Bonchev–Trinajstić information content (AvgIpc) is 2.40. The van der Waals surface area contributed by atoms with Crippen LogP contribution in [0.2, 0.25) is 0 Å². The highest BCUT2D eigenvalue weighted by molar-refractivity contribution is 8.12. The SMILES string of the molecule is CCCC(=O)Sn1[c]ncc1. The van der Waals surface area contributed by atoms with Crippen molar-refractivity contribution in [1.82, 2.24) is 8.96 Å². The molecule has 1 rings (SSSR count). The highest BCUT2D eigenvalue weighted by Gasteiger charge is 2.01. The van der Waals surface area contributed by atoms with E-state index in [0.29, 0.717) is 6.42 Å². The summed E-state index contributed by atoms with van der Waals surface area (Å²) >= 11 is 1.13. The third kappa shape index (κ3) is 2.76. The van der Waals surface area contributed by atoms with Crippen LogP contribution in [0.5, 0.6) is 0 Å². The molecule has 0 aromatic carbocycles. The van der Waals surface area contributed by atoms with E-state index in [9.17, 15) is 4.79 Å². The number of carbonyl (C=O) groups excluding carboxylic acids is 1. The first-order valence-electron chi connectivity index (χ1n) is 3.45. The molecule has 0 aliphatic heterocycles. The van der Waals surface area contributed by atoms with Gasteiger partial charge in [-0.2, -0.15) is 0 Å². The van der Waals surface area contributed by atoms with Gasteiger partial charge in [0, 0.05) is 30.8 Å². The highest BCUT2D eigenvalue weighted by atomic mass is 32.2. The van der Waals surface area contributed by atoms with Crippen LogP contribution in [-0.2, 0) is 4.79 Å². The third-order valence-corrected chi connectivity index (χ3v) is 1.90. The second-order valence-electron chi connectivity index (χ2n) is 2.07. The van der Waals surface area contributed by atoms with Gasteiger partial charge in [-0.25, -0.2) is 4.98 Å². The van der Waals surface area contributed by atoms with Gasteiger partial charge in [0.25, 0.3) is 0 Å². The maximum absolute atomic E-state index is 11.0. The van der Waals surface area contributed by atoms with E-state index in [1.165, 1.54) is 0 Å². The Morgan fingerprint density at radius 3 is 3.18 bits per heavy atom. The minimum atomic E-state index is 0.154. The summed E-state index contributed by atoms with van der Waals surface area (Å²) in [6, 6.07) is 0. The third-order valence-electron chi connectivity index (χ3n) is 1.09. The molecule has 1 heterocycles. The molecule has 0 saturated carbocycles. The lowest BCUT2D eigenvalue weighted by molar-refractivity contribution is -0.111. The largest absolute Gasteiger partial charge is 0.285 e. The van der Waals surface area contributed by atoms with Crippen LogP contribution in [0.4, 0.5) is 0 Å². The second kappa shape index (κ2) is 4.18. The molecule has 1 radical (unpaired) electrons. The smallest absolute Gasteiger partial charge is 0.209 e. The van der Waals surface area contributed by atoms with Crippen molar-refractivity contribution in [2.75, 3.05) is 0 Å². The van der Waals surface area contributed by atoms with E-state index in [2.05, 4.69) is 11.3 Å². The van der Waals surface area contributed by atoms with Crippen molar-refractivity contribution in [3.05, 3.63) is 18.7 Å². The van der Waals surface area contributed by atoms with Crippen molar-refractivity contribution in [3.63, 3.8) is 0 Å². The molecule has 0 aliphatic carbocycles. The monoisotopic (exact) mass is 169 g/mol. The van der Waals surface area contributed by atoms with Crippen LogP contribution in [0.25, 0.3) is 0 Å². The zero-order valence-electron chi connectivity index (χ0n) is 6.28. The molecular weight excluding hydrogens is 160 g/mol. The van der Waals surface area contributed by atoms with Gasteiger partial charge in [0.05, 0.1) is 0 Å². The maximum Gasteiger partial charge on any atom is 0.209 e. The molecule has 0 bridgehead atoms. The first-order chi connectivity index (χ1) is 5.33. The molecule has 0 unspecified atom stereocenters. The minimum absolute atomic E-state index is 0.154. The van der Waals surface area contributed by atoms with Gasteiger partial charge in [0.1, 0.15) is 0 Å². The summed E-state index contributed by atoms with van der Waals surface area (Å²) in [6.45, 7) is 1.98. The molecule has 0 saturated heterocycles. The molecule has 0 fully saturated rings. The molecule has 0 aliphatic rings. The molecule has 0 spiro atoms. The van der Waals surface area contributed by atoms with Gasteiger partial charge >= 0.3 is 0 Å². The van der Waals surface area contributed by atoms with E-state index >= 15 is 0 Å². The molecule has 59 valence electrons. The second-order valence-corrected chi connectivity index (χ2v) is 3.10. The molecule has 0 amide bonds. The molecule has 4 heteroatoms. The number of nitrogens with zero attached hydrogens (tertiary/aromatic N) is 2. The molecule has 0 atom stereocenters. The first kappa shape index (κ1) is 8.33. The maximum atomic E-state index is 11.0. The summed E-state index contributed by atoms with van der Waals surface area (Å²) in [5.41, 5.74) is 0. The van der Waals surface area contributed by atoms with Gasteiger partial charge < -0.3 is 0 Å². The summed E-state index contributed by atoms with van der Waals surface area (Å²) in [5.74, 6) is 0. The van der Waals surface area contributed by atoms with E-state index in [-0.39, 0.29) is 5.12 Å². The van der Waals surface area contributed by atoms with Gasteiger partial charge in [-0.3, -0.25) is 8.77 Å². The van der Waals surface area contributed by atoms with Crippen molar-refractivity contribution in [2.24, 2.45) is 0 Å². The van der Waals surface area contributed by atoms with Crippen LogP contribution < -0.4 is 0 Å². The zero-order valence-corrected chi connectivity index (χ0v) is 7.10. The predicted octanol–water partition coefficient (Wildman–Crippen LogP) is 1.51. The number of aromatic nitrogens is 2. The normalized spacial score (nSPS) is 9.91. The van der Waals surface area contributed by atoms with Crippen molar-refractivity contribution in [3.8, 4) is 0 Å². The molecule has 11 heavy (non-hydrogen) atoms. The van der Waals surface area contributed by atoms with Gasteiger partial charge in [0.2, 0.25) is 5.12 Å². The van der Waals surface area contributed by atoms with Crippen LogP contribution in [0.1, 0.15) is 19.8 Å². The number of rotatable bonds is 3. The van der Waals surface area contributed by atoms with Gasteiger partial charge in [-0.1, -0.05) is 6.92 Å². The topological polar surface area (TPSA) is 34.9 Å². The number of hydrogen-bond acceptors (Lipinski definition) is 3. The summed E-state index contributed by atoms with van der Waals surface area (Å²) in [5, 5.41) is 0.154. The van der Waals surface area contributed by atoms with E-state index in [4.69, 9.17) is 0 Å². The summed E-state index contributed by atoms with van der Waals surface area (Å²) < 4.78 is 1.58. The molecule has 0 N–H and O–H groups in total. The summed E-state index contributed by atoms with van der Waals surface area (Å²) in [4.78, 5) is 14.7. The molecule has 3 nitrogen and oxygen atoms in total. The Bertz CT molecular complexity index is 220. The van der Waals surface area contributed by atoms with Crippen molar-refractivity contribution < 1.29 is 4.79 Å². The van der Waals surface area contributed by atoms with Gasteiger partial charge in [-0.15, -0.1) is 0 Å². The van der Waals surface area contributed by atoms with Crippen LogP contribution in [0, 0.1) is 6.33 Å². The fourth-order valence-electron chi connectivity index (χ4n) is 0.628. The summed E-state index contributed by atoms with van der Waals surface area (Å²) in [6.07, 6.45) is 7.44. The van der Waals surface area contributed by atoms with Crippen LogP contribution >= 0.6 is 11.9 Å². The Morgan fingerprint density at radius 2 is 2.64 bits per heavy atom. The van der Waals surface area contributed by atoms with Crippen LogP contribution in [0.3, 0.4) is 0 Å². The van der Waals surface area contributed by atoms with Gasteiger partial charge in [0.15, 0.2) is 6.33 Å². The van der Waals surface area contributed by atoms with E-state index in [0.717, 1.165) is 18.4 Å². The van der Waals surface area contributed by atoms with Crippen molar-refractivity contribution >= 4 is 17.1 Å². The lowest BCUT2D eigenvalue weighted by atomic mass is 10.4. The Hall–Kier alpha value is -0.770. The molecule has 1 aromatic heterocycles. The summed E-state index contributed by atoms with van der Waals surface area (Å²) in [7, 11) is 0. The van der Waals surface area contributed by atoms with E-state index in [1.807, 2.05) is 6.92 Å². The zero-order chi connectivity index (χ0) is 8.10. The van der Waals surface area contributed by atoms with Crippen LogP contribution in [-0.4, -0.2) is 14.1 Å². The lowest BCUT2D eigenvalue weighted by Crippen LogP contribution is -1.94. The number of imidazole rings is 1. The molecular formula is C7H9N2OS. The quantitative estimate of drug-likeness (QED) is 0.688. The fourth-order valence-corrected chi connectivity index (χ4v) is 1.35. The standard InChI is InChI=1S/C7H9N2OS/c1-2-3-7(10)11-9-5-4-8-6-9/h4-5H,2-3H2,1H3. The lowest BCUT2D eigenvalue weighted by Gasteiger charge is -1.95. The van der Waals surface area contributed by atoms with Crippen molar-refractivity contribution in [2.45, 2.75) is 19.8 Å². The number of hydrogen-bond donors (Lipinski definition) is 0. The predicted molar refractivity (Wildman–Crippen MR) is 44.0 cm³/mol. The Balaban J connectivity index is 2.37. The highest BCUT2D eigenvalue weighted by Crippen LogP contribution is 2.08. The fraction of sp³-hybridized carbons (Fsp3) is 0.429. The van der Waals surface area contributed by atoms with Crippen molar-refractivity contribution in [1.29, 1.82) is 0 Å². The van der Waals surface area contributed by atoms with E-state index in [1.54, 1.807) is 16.4 Å². The van der Waals surface area contributed by atoms with Crippen LogP contribution in [0.15, 0.2) is 12.4 Å². The average molecular weight is 169 g/mol. The Morgan fingerprint density at radius 1 is 1.82 bits per heavy atom.